The Bertz CT molecular complexity index is 941. The van der Waals surface area contributed by atoms with Crippen molar-refractivity contribution in [3.8, 4) is 5.75 Å². The van der Waals surface area contributed by atoms with Gasteiger partial charge in [-0.3, -0.25) is 4.84 Å². The monoisotopic (exact) mass is 380 g/mol. The third-order valence-electron chi connectivity index (χ3n) is 5.10. The number of carbonyl (C=O) groups excluding carboxylic acids is 1. The molecule has 1 aromatic heterocycles. The van der Waals surface area contributed by atoms with Crippen LogP contribution in [0.15, 0.2) is 48.5 Å². The van der Waals surface area contributed by atoms with Gasteiger partial charge in [-0.25, -0.2) is 9.78 Å². The Balaban J connectivity index is 1.40. The molecule has 1 aliphatic carbocycles. The summed E-state index contributed by atoms with van der Waals surface area (Å²) in [6, 6.07) is 15.8. The SMILES string of the molecule is NC(=O)Oc1cccc2[nH]c(C3CCCC(NOCc4ccccc4)C3)nc12. The van der Waals surface area contributed by atoms with Crippen molar-refractivity contribution in [1.29, 1.82) is 0 Å². The van der Waals surface area contributed by atoms with Crippen LogP contribution in [-0.2, 0) is 11.4 Å². The highest BCUT2D eigenvalue weighted by molar-refractivity contribution is 5.84. The van der Waals surface area contributed by atoms with Gasteiger partial charge in [-0.05, 0) is 37.0 Å². The quantitative estimate of drug-likeness (QED) is 0.565. The summed E-state index contributed by atoms with van der Waals surface area (Å²) in [5, 5.41) is 0. The summed E-state index contributed by atoms with van der Waals surface area (Å²) in [6.45, 7) is 0.542. The van der Waals surface area contributed by atoms with Gasteiger partial charge in [-0.1, -0.05) is 42.8 Å². The van der Waals surface area contributed by atoms with E-state index in [1.54, 1.807) is 6.07 Å². The summed E-state index contributed by atoms with van der Waals surface area (Å²) >= 11 is 0. The second kappa shape index (κ2) is 8.41. The molecule has 0 saturated heterocycles. The molecule has 7 nitrogen and oxygen atoms in total. The minimum atomic E-state index is -0.838. The maximum atomic E-state index is 11.1. The second-order valence-electron chi connectivity index (χ2n) is 7.15. The molecular weight excluding hydrogens is 356 g/mol. The molecule has 1 amide bonds. The van der Waals surface area contributed by atoms with E-state index in [4.69, 9.17) is 20.3 Å². The number of para-hydroxylation sites is 1. The number of primary amides is 1. The van der Waals surface area contributed by atoms with Gasteiger partial charge in [0, 0.05) is 12.0 Å². The molecular formula is C21H24N4O3. The number of hydroxylamine groups is 1. The zero-order valence-corrected chi connectivity index (χ0v) is 15.6. The van der Waals surface area contributed by atoms with E-state index in [9.17, 15) is 4.79 Å². The van der Waals surface area contributed by atoms with Crippen LogP contribution in [0.1, 0.15) is 43.0 Å². The number of benzene rings is 2. The molecule has 1 fully saturated rings. The van der Waals surface area contributed by atoms with Crippen molar-refractivity contribution in [1.82, 2.24) is 15.4 Å². The molecule has 2 unspecified atom stereocenters. The molecule has 1 saturated carbocycles. The van der Waals surface area contributed by atoms with Gasteiger partial charge in [0.25, 0.3) is 0 Å². The molecule has 0 aliphatic heterocycles. The largest absolute Gasteiger partial charge is 0.410 e. The van der Waals surface area contributed by atoms with E-state index in [1.807, 2.05) is 42.5 Å². The van der Waals surface area contributed by atoms with Gasteiger partial charge in [0.1, 0.15) is 11.3 Å². The van der Waals surface area contributed by atoms with Crippen LogP contribution >= 0.6 is 0 Å². The minimum Gasteiger partial charge on any atom is -0.408 e. The lowest BCUT2D eigenvalue weighted by Gasteiger charge is -2.28. The summed E-state index contributed by atoms with van der Waals surface area (Å²) in [6.07, 6.45) is 3.32. The van der Waals surface area contributed by atoms with Crippen molar-refractivity contribution in [3.05, 3.63) is 59.9 Å². The van der Waals surface area contributed by atoms with Crippen LogP contribution in [-0.4, -0.2) is 22.1 Å². The van der Waals surface area contributed by atoms with Crippen LogP contribution in [0.25, 0.3) is 11.0 Å². The Morgan fingerprint density at radius 1 is 1.18 bits per heavy atom. The van der Waals surface area contributed by atoms with Crippen LogP contribution in [0.3, 0.4) is 0 Å². The Kier molecular flexibility index (Phi) is 5.55. The van der Waals surface area contributed by atoms with Crippen molar-refractivity contribution in [2.24, 2.45) is 5.73 Å². The summed E-state index contributed by atoms with van der Waals surface area (Å²) in [5.74, 6) is 1.58. The van der Waals surface area contributed by atoms with Gasteiger partial charge >= 0.3 is 6.09 Å². The van der Waals surface area contributed by atoms with Crippen LogP contribution in [0.2, 0.25) is 0 Å². The summed E-state index contributed by atoms with van der Waals surface area (Å²) in [7, 11) is 0. The Hall–Kier alpha value is -2.90. The summed E-state index contributed by atoms with van der Waals surface area (Å²) in [4.78, 5) is 24.9. The number of amides is 1. The summed E-state index contributed by atoms with van der Waals surface area (Å²) < 4.78 is 5.07. The highest BCUT2D eigenvalue weighted by atomic mass is 16.6. The lowest BCUT2D eigenvalue weighted by Crippen LogP contribution is -2.33. The third-order valence-corrected chi connectivity index (χ3v) is 5.10. The maximum absolute atomic E-state index is 11.1. The predicted octanol–water partition coefficient (Wildman–Crippen LogP) is 3.77. The molecule has 0 bridgehead atoms. The second-order valence-corrected chi connectivity index (χ2v) is 7.15. The number of carbonyl (C=O) groups is 1. The van der Waals surface area contributed by atoms with Crippen molar-refractivity contribution in [3.63, 3.8) is 0 Å². The number of hydrogen-bond donors (Lipinski definition) is 3. The number of aromatic nitrogens is 2. The number of H-pyrrole nitrogens is 1. The number of nitrogens with one attached hydrogen (secondary N) is 2. The van der Waals surface area contributed by atoms with Crippen molar-refractivity contribution >= 4 is 17.1 Å². The molecule has 3 aromatic rings. The van der Waals surface area contributed by atoms with Gasteiger partial charge in [-0.2, -0.15) is 5.48 Å². The first-order valence-electron chi connectivity index (χ1n) is 9.56. The van der Waals surface area contributed by atoms with Crippen molar-refractivity contribution < 1.29 is 14.4 Å². The first-order valence-corrected chi connectivity index (χ1v) is 9.56. The minimum absolute atomic E-state index is 0.275. The van der Waals surface area contributed by atoms with Crippen LogP contribution in [0.5, 0.6) is 5.75 Å². The Labute approximate surface area is 163 Å². The first-order chi connectivity index (χ1) is 13.7. The fourth-order valence-corrected chi connectivity index (χ4v) is 3.77. The van der Waals surface area contributed by atoms with E-state index in [1.165, 1.54) is 0 Å². The number of imidazole rings is 1. The molecule has 1 heterocycles. The molecule has 4 rings (SSSR count). The number of ether oxygens (including phenoxy) is 1. The van der Waals surface area contributed by atoms with Gasteiger partial charge in [0.2, 0.25) is 0 Å². The summed E-state index contributed by atoms with van der Waals surface area (Å²) in [5.41, 5.74) is 11.0. The molecule has 2 aromatic carbocycles. The number of rotatable bonds is 6. The van der Waals surface area contributed by atoms with Crippen molar-refractivity contribution in [2.75, 3.05) is 0 Å². The van der Waals surface area contributed by atoms with Gasteiger partial charge < -0.3 is 15.5 Å². The van der Waals surface area contributed by atoms with Crippen LogP contribution in [0.4, 0.5) is 4.79 Å². The highest BCUT2D eigenvalue weighted by Gasteiger charge is 2.26. The molecule has 146 valence electrons. The molecule has 1 aliphatic rings. The standard InChI is InChI=1S/C21H24N4O3/c22-21(26)28-18-11-5-10-17-19(18)24-20(23-17)15-8-4-9-16(12-15)25-27-13-14-6-2-1-3-7-14/h1-3,5-7,10-11,15-16,25H,4,8-9,12-13H2,(H2,22,26)(H,23,24). The average molecular weight is 380 g/mol. The number of nitrogens with two attached hydrogens (primary N) is 1. The number of aromatic amines is 1. The molecule has 28 heavy (non-hydrogen) atoms. The average Bonchev–Trinajstić information content (AvgIpc) is 3.14. The van der Waals surface area contributed by atoms with E-state index < -0.39 is 6.09 Å². The third kappa shape index (κ3) is 4.32. The van der Waals surface area contributed by atoms with Crippen LogP contribution < -0.4 is 16.0 Å². The maximum Gasteiger partial charge on any atom is 0.410 e. The fourth-order valence-electron chi connectivity index (χ4n) is 3.77. The first kappa shape index (κ1) is 18.5. The fraction of sp³-hybridized carbons (Fsp3) is 0.333. The highest BCUT2D eigenvalue weighted by Crippen LogP contribution is 2.34. The van der Waals surface area contributed by atoms with E-state index in [2.05, 4.69) is 10.5 Å². The lowest BCUT2D eigenvalue weighted by molar-refractivity contribution is -0.00676. The van der Waals surface area contributed by atoms with Gasteiger partial charge in [-0.15, -0.1) is 0 Å². The van der Waals surface area contributed by atoms with Gasteiger partial charge in [0.15, 0.2) is 5.75 Å². The Morgan fingerprint density at radius 2 is 2.04 bits per heavy atom. The van der Waals surface area contributed by atoms with E-state index in [-0.39, 0.29) is 6.04 Å². The smallest absolute Gasteiger partial charge is 0.408 e. The zero-order valence-electron chi connectivity index (χ0n) is 15.6. The molecule has 2 atom stereocenters. The van der Waals surface area contributed by atoms with Crippen LogP contribution in [0, 0.1) is 0 Å². The molecule has 4 N–H and O–H groups in total. The molecule has 0 radical (unpaired) electrons. The molecule has 0 spiro atoms. The number of hydrogen-bond acceptors (Lipinski definition) is 5. The zero-order chi connectivity index (χ0) is 19.3. The Morgan fingerprint density at radius 3 is 2.86 bits per heavy atom. The normalized spacial score (nSPS) is 19.6. The van der Waals surface area contributed by atoms with Gasteiger partial charge in [0.05, 0.1) is 12.1 Å². The van der Waals surface area contributed by atoms with E-state index in [0.717, 1.165) is 42.6 Å². The molecule has 7 heteroatoms. The lowest BCUT2D eigenvalue weighted by atomic mass is 9.85. The topological polar surface area (TPSA) is 102 Å². The predicted molar refractivity (Wildman–Crippen MR) is 106 cm³/mol. The number of nitrogens with zero attached hydrogens (tertiary/aromatic N) is 1. The number of fused-ring (bicyclic) bond motifs is 1. The van der Waals surface area contributed by atoms with E-state index >= 15 is 0 Å². The van der Waals surface area contributed by atoms with Crippen molar-refractivity contribution in [2.45, 2.75) is 44.2 Å². The van der Waals surface area contributed by atoms with E-state index in [0.29, 0.717) is 23.8 Å².